The number of para-hydroxylation sites is 1. The van der Waals surface area contributed by atoms with E-state index in [2.05, 4.69) is 0 Å². The molecular formula is C10H15NO3. The average molecular weight is 197 g/mol. The molecule has 0 fully saturated rings. The van der Waals surface area contributed by atoms with E-state index in [4.69, 9.17) is 20.7 Å². The Kier molecular flexibility index (Phi) is 3.88. The minimum Gasteiger partial charge on any atom is -0.496 e. The fourth-order valence-electron chi connectivity index (χ4n) is 1.37. The van der Waals surface area contributed by atoms with Crippen molar-refractivity contribution in [3.8, 4) is 5.75 Å². The number of aliphatic hydroxyl groups is 2. The maximum Gasteiger partial charge on any atom is 0.129 e. The summed E-state index contributed by atoms with van der Waals surface area (Å²) in [5, 5.41) is 18.0. The summed E-state index contributed by atoms with van der Waals surface area (Å²) in [5.74, 6) is 0.552. The van der Waals surface area contributed by atoms with Crippen molar-refractivity contribution < 1.29 is 14.9 Å². The van der Waals surface area contributed by atoms with Crippen molar-refractivity contribution >= 4 is 0 Å². The zero-order chi connectivity index (χ0) is 10.6. The van der Waals surface area contributed by atoms with Gasteiger partial charge in [-0.2, -0.15) is 0 Å². The Morgan fingerprint density at radius 3 is 2.64 bits per heavy atom. The van der Waals surface area contributed by atoms with Crippen LogP contribution in [0.4, 0.5) is 0 Å². The van der Waals surface area contributed by atoms with Crippen LogP contribution in [0.2, 0.25) is 0 Å². The Labute approximate surface area is 82.9 Å². The molecule has 1 atom stereocenters. The van der Waals surface area contributed by atoms with Crippen molar-refractivity contribution in [2.75, 3.05) is 13.7 Å². The van der Waals surface area contributed by atoms with Gasteiger partial charge in [0.15, 0.2) is 0 Å². The van der Waals surface area contributed by atoms with Gasteiger partial charge in [0, 0.05) is 11.1 Å². The van der Waals surface area contributed by atoms with Gasteiger partial charge in [-0.1, -0.05) is 18.2 Å². The Hall–Kier alpha value is -1.10. The standard InChI is InChI=1S/C10H15NO3/c1-14-10-7(5-12)3-2-4-8(10)9(11)6-13/h2-4,9,12-13H,5-6,11H2,1H3. The van der Waals surface area contributed by atoms with Gasteiger partial charge >= 0.3 is 0 Å². The first-order valence-electron chi connectivity index (χ1n) is 4.37. The van der Waals surface area contributed by atoms with Crippen LogP contribution >= 0.6 is 0 Å². The van der Waals surface area contributed by atoms with Crippen LogP contribution in [-0.2, 0) is 6.61 Å². The molecule has 0 aliphatic rings. The Morgan fingerprint density at radius 2 is 2.14 bits per heavy atom. The molecule has 0 spiro atoms. The van der Waals surface area contributed by atoms with E-state index in [9.17, 15) is 0 Å². The molecule has 4 N–H and O–H groups in total. The van der Waals surface area contributed by atoms with Gasteiger partial charge in [-0.25, -0.2) is 0 Å². The quantitative estimate of drug-likeness (QED) is 0.643. The van der Waals surface area contributed by atoms with Crippen molar-refractivity contribution in [3.05, 3.63) is 29.3 Å². The Morgan fingerprint density at radius 1 is 1.43 bits per heavy atom. The molecular weight excluding hydrogens is 182 g/mol. The SMILES string of the molecule is COc1c(CO)cccc1C(N)CO. The summed E-state index contributed by atoms with van der Waals surface area (Å²) in [5.41, 5.74) is 7.07. The predicted octanol–water partition coefficient (Wildman–Crippen LogP) is 0.180. The minimum absolute atomic E-state index is 0.102. The topological polar surface area (TPSA) is 75.7 Å². The lowest BCUT2D eigenvalue weighted by atomic mass is 10.0. The van der Waals surface area contributed by atoms with Crippen molar-refractivity contribution in [1.29, 1.82) is 0 Å². The summed E-state index contributed by atoms with van der Waals surface area (Å²) in [6, 6.07) is 4.83. The van der Waals surface area contributed by atoms with Crippen molar-refractivity contribution in [2.45, 2.75) is 12.6 Å². The number of hydrogen-bond acceptors (Lipinski definition) is 4. The second kappa shape index (κ2) is 4.95. The van der Waals surface area contributed by atoms with Crippen LogP contribution < -0.4 is 10.5 Å². The van der Waals surface area contributed by atoms with Crippen LogP contribution in [-0.4, -0.2) is 23.9 Å². The van der Waals surface area contributed by atoms with E-state index in [-0.39, 0.29) is 13.2 Å². The minimum atomic E-state index is -0.476. The second-order valence-corrected chi connectivity index (χ2v) is 2.99. The van der Waals surface area contributed by atoms with E-state index in [1.165, 1.54) is 7.11 Å². The molecule has 0 aromatic heterocycles. The normalized spacial score (nSPS) is 12.6. The highest BCUT2D eigenvalue weighted by molar-refractivity contribution is 5.43. The van der Waals surface area contributed by atoms with Gasteiger partial charge in [0.2, 0.25) is 0 Å². The first kappa shape index (κ1) is 11.0. The van der Waals surface area contributed by atoms with E-state index in [0.29, 0.717) is 16.9 Å². The molecule has 0 heterocycles. The highest BCUT2D eigenvalue weighted by Crippen LogP contribution is 2.27. The van der Waals surface area contributed by atoms with Crippen LogP contribution in [0, 0.1) is 0 Å². The lowest BCUT2D eigenvalue weighted by Gasteiger charge is -2.15. The molecule has 0 amide bonds. The largest absolute Gasteiger partial charge is 0.496 e. The molecule has 1 rings (SSSR count). The Bertz CT molecular complexity index is 301. The van der Waals surface area contributed by atoms with E-state index in [1.807, 2.05) is 0 Å². The zero-order valence-corrected chi connectivity index (χ0v) is 8.10. The van der Waals surface area contributed by atoms with Crippen molar-refractivity contribution in [1.82, 2.24) is 0 Å². The number of ether oxygens (including phenoxy) is 1. The summed E-state index contributed by atoms with van der Waals surface area (Å²) < 4.78 is 5.14. The molecule has 0 aliphatic heterocycles. The summed E-state index contributed by atoms with van der Waals surface area (Å²) in [6.45, 7) is -0.250. The third kappa shape index (κ3) is 2.04. The average Bonchev–Trinajstić information content (AvgIpc) is 2.26. The van der Waals surface area contributed by atoms with E-state index in [0.717, 1.165) is 0 Å². The van der Waals surface area contributed by atoms with Crippen molar-refractivity contribution in [3.63, 3.8) is 0 Å². The van der Waals surface area contributed by atoms with Gasteiger partial charge in [0.05, 0.1) is 26.4 Å². The molecule has 0 saturated carbocycles. The number of nitrogens with two attached hydrogens (primary N) is 1. The molecule has 1 unspecified atom stereocenters. The van der Waals surface area contributed by atoms with Crippen LogP contribution in [0.15, 0.2) is 18.2 Å². The van der Waals surface area contributed by atoms with Gasteiger partial charge < -0.3 is 20.7 Å². The van der Waals surface area contributed by atoms with E-state index in [1.54, 1.807) is 18.2 Å². The summed E-state index contributed by atoms with van der Waals surface area (Å²) in [7, 11) is 1.52. The van der Waals surface area contributed by atoms with Gasteiger partial charge in [-0.15, -0.1) is 0 Å². The number of benzene rings is 1. The molecule has 0 bridgehead atoms. The fourth-order valence-corrected chi connectivity index (χ4v) is 1.37. The molecule has 4 heteroatoms. The molecule has 0 aliphatic carbocycles. The molecule has 1 aromatic rings. The van der Waals surface area contributed by atoms with Gasteiger partial charge in [0.25, 0.3) is 0 Å². The van der Waals surface area contributed by atoms with Gasteiger partial charge in [-0.05, 0) is 0 Å². The first-order valence-corrected chi connectivity index (χ1v) is 4.37. The predicted molar refractivity (Wildman–Crippen MR) is 52.9 cm³/mol. The summed E-state index contributed by atoms with van der Waals surface area (Å²) in [6.07, 6.45) is 0. The number of aliphatic hydroxyl groups excluding tert-OH is 2. The lowest BCUT2D eigenvalue weighted by Crippen LogP contribution is -2.16. The smallest absolute Gasteiger partial charge is 0.129 e. The van der Waals surface area contributed by atoms with Crippen molar-refractivity contribution in [2.24, 2.45) is 5.73 Å². The molecule has 14 heavy (non-hydrogen) atoms. The van der Waals surface area contributed by atoms with E-state index >= 15 is 0 Å². The number of rotatable bonds is 4. The lowest BCUT2D eigenvalue weighted by molar-refractivity contribution is 0.259. The molecule has 4 nitrogen and oxygen atoms in total. The highest BCUT2D eigenvalue weighted by atomic mass is 16.5. The molecule has 1 aromatic carbocycles. The summed E-state index contributed by atoms with van der Waals surface area (Å²) in [4.78, 5) is 0. The van der Waals surface area contributed by atoms with Crippen LogP contribution in [0.25, 0.3) is 0 Å². The third-order valence-corrected chi connectivity index (χ3v) is 2.10. The maximum absolute atomic E-state index is 9.05. The zero-order valence-electron chi connectivity index (χ0n) is 8.10. The highest BCUT2D eigenvalue weighted by Gasteiger charge is 2.13. The fraction of sp³-hybridized carbons (Fsp3) is 0.400. The monoisotopic (exact) mass is 197 g/mol. The third-order valence-electron chi connectivity index (χ3n) is 2.10. The molecule has 0 saturated heterocycles. The molecule has 0 radical (unpaired) electrons. The Balaban J connectivity index is 3.14. The number of hydrogen-bond donors (Lipinski definition) is 3. The molecule has 78 valence electrons. The maximum atomic E-state index is 9.05. The number of methoxy groups -OCH3 is 1. The van der Waals surface area contributed by atoms with Gasteiger partial charge in [0.1, 0.15) is 5.75 Å². The second-order valence-electron chi connectivity index (χ2n) is 2.99. The summed E-state index contributed by atoms with van der Waals surface area (Å²) >= 11 is 0. The van der Waals surface area contributed by atoms with Crippen LogP contribution in [0.3, 0.4) is 0 Å². The van der Waals surface area contributed by atoms with Crippen LogP contribution in [0.1, 0.15) is 17.2 Å². The van der Waals surface area contributed by atoms with Crippen LogP contribution in [0.5, 0.6) is 5.75 Å². The first-order chi connectivity index (χ1) is 6.74. The van der Waals surface area contributed by atoms with E-state index < -0.39 is 6.04 Å². The van der Waals surface area contributed by atoms with Gasteiger partial charge in [-0.3, -0.25) is 0 Å².